The zero-order valence-electron chi connectivity index (χ0n) is 13.6. The number of hydrogen-bond acceptors (Lipinski definition) is 3. The minimum atomic E-state index is -0.140. The second-order valence-corrected chi connectivity index (χ2v) is 5.66. The van der Waals surface area contributed by atoms with E-state index in [0.717, 1.165) is 23.4 Å². The summed E-state index contributed by atoms with van der Waals surface area (Å²) in [6, 6.07) is 10.0. The van der Waals surface area contributed by atoms with Crippen LogP contribution in [-0.4, -0.2) is 16.9 Å². The molecule has 4 nitrogen and oxygen atoms in total. The Morgan fingerprint density at radius 2 is 2.00 bits per heavy atom. The van der Waals surface area contributed by atoms with Gasteiger partial charge in [0.25, 0.3) is 5.91 Å². The summed E-state index contributed by atoms with van der Waals surface area (Å²) in [6.07, 6.45) is 2.55. The van der Waals surface area contributed by atoms with E-state index in [4.69, 9.17) is 0 Å². The van der Waals surface area contributed by atoms with Gasteiger partial charge in [-0.15, -0.1) is 0 Å². The number of rotatable bonds is 5. The van der Waals surface area contributed by atoms with Crippen molar-refractivity contribution in [2.45, 2.75) is 40.2 Å². The minimum absolute atomic E-state index is 0.140. The molecule has 0 saturated heterocycles. The molecule has 1 aromatic carbocycles. The van der Waals surface area contributed by atoms with Crippen molar-refractivity contribution in [3.05, 3.63) is 53.3 Å². The summed E-state index contributed by atoms with van der Waals surface area (Å²) in [6.45, 7) is 8.13. The van der Waals surface area contributed by atoms with Gasteiger partial charge in [-0.3, -0.25) is 9.78 Å². The summed E-state index contributed by atoms with van der Waals surface area (Å²) in [5.74, 6) is -0.140. The molecule has 1 atom stereocenters. The second-order valence-electron chi connectivity index (χ2n) is 5.66. The second kappa shape index (κ2) is 7.07. The summed E-state index contributed by atoms with van der Waals surface area (Å²) in [5.41, 5.74) is 4.68. The number of carbonyl (C=O) groups excluding carboxylic acids is 1. The van der Waals surface area contributed by atoms with Gasteiger partial charge in [0.15, 0.2) is 0 Å². The molecule has 0 spiro atoms. The molecule has 0 aliphatic rings. The molecule has 1 amide bonds. The molecule has 2 aromatic rings. The van der Waals surface area contributed by atoms with E-state index >= 15 is 0 Å². The average Bonchev–Trinajstić information content (AvgIpc) is 2.51. The van der Waals surface area contributed by atoms with Crippen molar-refractivity contribution in [1.29, 1.82) is 0 Å². The molecular weight excluding hydrogens is 274 g/mol. The topological polar surface area (TPSA) is 54.0 Å². The Hall–Kier alpha value is -2.36. The van der Waals surface area contributed by atoms with Crippen LogP contribution in [0.25, 0.3) is 0 Å². The highest BCUT2D eigenvalue weighted by atomic mass is 16.1. The van der Waals surface area contributed by atoms with Gasteiger partial charge < -0.3 is 10.6 Å². The number of pyridine rings is 1. The lowest BCUT2D eigenvalue weighted by molar-refractivity contribution is 0.0934. The summed E-state index contributed by atoms with van der Waals surface area (Å²) in [4.78, 5) is 16.3. The maximum Gasteiger partial charge on any atom is 0.270 e. The number of anilines is 2. The van der Waals surface area contributed by atoms with Crippen LogP contribution in [0.3, 0.4) is 0 Å². The van der Waals surface area contributed by atoms with Crippen molar-refractivity contribution >= 4 is 17.3 Å². The average molecular weight is 297 g/mol. The molecule has 1 heterocycles. The Bertz CT molecular complexity index is 667. The van der Waals surface area contributed by atoms with Crippen LogP contribution in [-0.2, 0) is 0 Å². The molecule has 0 bridgehead atoms. The molecule has 0 saturated carbocycles. The summed E-state index contributed by atoms with van der Waals surface area (Å²) in [5, 5.41) is 6.28. The van der Waals surface area contributed by atoms with E-state index in [0.29, 0.717) is 5.69 Å². The number of amides is 1. The highest BCUT2D eigenvalue weighted by Gasteiger charge is 2.10. The molecule has 1 aromatic heterocycles. The van der Waals surface area contributed by atoms with Crippen LogP contribution in [0.4, 0.5) is 11.4 Å². The number of hydrogen-bond donors (Lipinski definition) is 2. The van der Waals surface area contributed by atoms with Crippen LogP contribution in [0.15, 0.2) is 36.5 Å². The number of benzene rings is 1. The Morgan fingerprint density at radius 3 is 2.73 bits per heavy atom. The van der Waals surface area contributed by atoms with Gasteiger partial charge in [0.1, 0.15) is 5.69 Å². The first-order chi connectivity index (χ1) is 10.5. The predicted octanol–water partition coefficient (Wildman–Crippen LogP) is 3.97. The Morgan fingerprint density at radius 1 is 1.23 bits per heavy atom. The molecule has 116 valence electrons. The van der Waals surface area contributed by atoms with Gasteiger partial charge in [0.05, 0.1) is 0 Å². The minimum Gasteiger partial charge on any atom is -0.355 e. The third-order valence-corrected chi connectivity index (χ3v) is 3.65. The lowest BCUT2D eigenvalue weighted by Gasteiger charge is -2.13. The van der Waals surface area contributed by atoms with Crippen LogP contribution in [0.1, 0.15) is 41.9 Å². The van der Waals surface area contributed by atoms with E-state index in [1.54, 1.807) is 12.3 Å². The number of aryl methyl sites for hydroxylation is 2. The van der Waals surface area contributed by atoms with Gasteiger partial charge in [-0.2, -0.15) is 0 Å². The normalized spacial score (nSPS) is 11.8. The van der Waals surface area contributed by atoms with Gasteiger partial charge in [-0.05, 0) is 56.5 Å². The molecule has 4 heteroatoms. The van der Waals surface area contributed by atoms with Crippen LogP contribution in [0.2, 0.25) is 0 Å². The number of nitrogens with zero attached hydrogens (tertiary/aromatic N) is 1. The molecule has 0 radical (unpaired) electrons. The van der Waals surface area contributed by atoms with Crippen molar-refractivity contribution in [3.63, 3.8) is 0 Å². The van der Waals surface area contributed by atoms with E-state index in [-0.39, 0.29) is 11.9 Å². The lowest BCUT2D eigenvalue weighted by Crippen LogP contribution is -2.32. The fourth-order valence-corrected chi connectivity index (χ4v) is 2.06. The van der Waals surface area contributed by atoms with Gasteiger partial charge in [-0.25, -0.2) is 0 Å². The molecule has 2 N–H and O–H groups in total. The van der Waals surface area contributed by atoms with E-state index in [9.17, 15) is 4.79 Å². The van der Waals surface area contributed by atoms with Crippen molar-refractivity contribution < 1.29 is 4.79 Å². The van der Waals surface area contributed by atoms with Crippen molar-refractivity contribution in [3.8, 4) is 0 Å². The molecule has 0 aliphatic carbocycles. The Kier molecular flexibility index (Phi) is 5.15. The SMILES string of the molecule is CCC(C)NC(=O)c1cc(Nc2cc(C)ccc2C)ccn1. The molecule has 2 rings (SSSR count). The molecular formula is C18H23N3O. The van der Waals surface area contributed by atoms with Crippen molar-refractivity contribution in [2.24, 2.45) is 0 Å². The first kappa shape index (κ1) is 16.0. The monoisotopic (exact) mass is 297 g/mol. The Labute approximate surface area is 132 Å². The fourth-order valence-electron chi connectivity index (χ4n) is 2.06. The maximum atomic E-state index is 12.1. The van der Waals surface area contributed by atoms with E-state index in [1.165, 1.54) is 5.56 Å². The van der Waals surface area contributed by atoms with E-state index in [2.05, 4.69) is 47.7 Å². The first-order valence-corrected chi connectivity index (χ1v) is 7.60. The Balaban J connectivity index is 2.18. The third-order valence-electron chi connectivity index (χ3n) is 3.65. The third kappa shape index (κ3) is 4.07. The van der Waals surface area contributed by atoms with Gasteiger partial charge in [0.2, 0.25) is 0 Å². The summed E-state index contributed by atoms with van der Waals surface area (Å²) < 4.78 is 0. The molecule has 0 aliphatic heterocycles. The highest BCUT2D eigenvalue weighted by Crippen LogP contribution is 2.21. The first-order valence-electron chi connectivity index (χ1n) is 7.60. The van der Waals surface area contributed by atoms with Gasteiger partial charge in [-0.1, -0.05) is 19.1 Å². The quantitative estimate of drug-likeness (QED) is 0.878. The van der Waals surface area contributed by atoms with Crippen LogP contribution >= 0.6 is 0 Å². The highest BCUT2D eigenvalue weighted by molar-refractivity contribution is 5.93. The number of carbonyl (C=O) groups is 1. The number of aromatic nitrogens is 1. The van der Waals surface area contributed by atoms with Crippen molar-refractivity contribution in [1.82, 2.24) is 10.3 Å². The smallest absolute Gasteiger partial charge is 0.270 e. The van der Waals surface area contributed by atoms with Crippen LogP contribution in [0.5, 0.6) is 0 Å². The van der Waals surface area contributed by atoms with Gasteiger partial charge in [0, 0.05) is 23.6 Å². The molecule has 1 unspecified atom stereocenters. The summed E-state index contributed by atoms with van der Waals surface area (Å²) >= 11 is 0. The standard InChI is InChI=1S/C18H23N3O/c1-5-14(4)20-18(22)17-11-15(8-9-19-17)21-16-10-12(2)6-7-13(16)3/h6-11,14H,5H2,1-4H3,(H,19,21)(H,20,22). The van der Waals surface area contributed by atoms with Gasteiger partial charge >= 0.3 is 0 Å². The largest absolute Gasteiger partial charge is 0.355 e. The van der Waals surface area contributed by atoms with Crippen molar-refractivity contribution in [2.75, 3.05) is 5.32 Å². The molecule has 22 heavy (non-hydrogen) atoms. The van der Waals surface area contributed by atoms with E-state index in [1.807, 2.05) is 19.9 Å². The predicted molar refractivity (Wildman–Crippen MR) is 90.7 cm³/mol. The zero-order valence-corrected chi connectivity index (χ0v) is 13.6. The van der Waals surface area contributed by atoms with Crippen LogP contribution < -0.4 is 10.6 Å². The van der Waals surface area contributed by atoms with Crippen LogP contribution in [0, 0.1) is 13.8 Å². The van der Waals surface area contributed by atoms with E-state index < -0.39 is 0 Å². The fraction of sp³-hybridized carbons (Fsp3) is 0.333. The zero-order chi connectivity index (χ0) is 16.1. The molecule has 0 fully saturated rings. The number of nitrogens with one attached hydrogen (secondary N) is 2. The summed E-state index contributed by atoms with van der Waals surface area (Å²) in [7, 11) is 0. The lowest BCUT2D eigenvalue weighted by atomic mass is 10.1. The maximum absolute atomic E-state index is 12.1.